The highest BCUT2D eigenvalue weighted by Gasteiger charge is 2.16. The van der Waals surface area contributed by atoms with Gasteiger partial charge in [-0.05, 0) is 49.2 Å². The molecule has 2 heterocycles. The van der Waals surface area contributed by atoms with E-state index in [0.717, 1.165) is 33.4 Å². The van der Waals surface area contributed by atoms with Crippen LogP contribution in [-0.2, 0) is 0 Å². The first kappa shape index (κ1) is 13.7. The molecule has 3 aromatic rings. The summed E-state index contributed by atoms with van der Waals surface area (Å²) in [7, 11) is 0. The van der Waals surface area contributed by atoms with Gasteiger partial charge in [-0.25, -0.2) is 5.43 Å². The fourth-order valence-corrected chi connectivity index (χ4v) is 2.64. The van der Waals surface area contributed by atoms with Crippen LogP contribution in [0.3, 0.4) is 0 Å². The van der Waals surface area contributed by atoms with Crippen molar-refractivity contribution in [2.75, 3.05) is 0 Å². The Kier molecular flexibility index (Phi) is 3.64. The molecule has 21 heavy (non-hydrogen) atoms. The molecule has 3 N–H and O–H groups in total. The number of fused-ring (bicyclic) bond motifs is 1. The molecule has 0 aliphatic heterocycles. The van der Waals surface area contributed by atoms with E-state index in [9.17, 15) is 0 Å². The van der Waals surface area contributed by atoms with Crippen molar-refractivity contribution in [2.45, 2.75) is 19.9 Å². The van der Waals surface area contributed by atoms with Crippen molar-refractivity contribution in [3.63, 3.8) is 0 Å². The SMILES string of the molecule is Cc1ccc(C(NN)c2ccc3ncccc3c2)c(C)n1. The number of nitrogens with two attached hydrogens (primary N) is 1. The minimum Gasteiger partial charge on any atom is -0.271 e. The molecule has 106 valence electrons. The molecule has 4 heteroatoms. The van der Waals surface area contributed by atoms with Gasteiger partial charge in [0.15, 0.2) is 0 Å². The summed E-state index contributed by atoms with van der Waals surface area (Å²) in [6, 6.07) is 14.2. The summed E-state index contributed by atoms with van der Waals surface area (Å²) >= 11 is 0. The molecule has 2 aromatic heterocycles. The normalized spacial score (nSPS) is 12.5. The Morgan fingerprint density at radius 2 is 1.95 bits per heavy atom. The van der Waals surface area contributed by atoms with Crippen LogP contribution in [0.25, 0.3) is 10.9 Å². The van der Waals surface area contributed by atoms with E-state index >= 15 is 0 Å². The van der Waals surface area contributed by atoms with Gasteiger partial charge < -0.3 is 0 Å². The van der Waals surface area contributed by atoms with Crippen LogP contribution in [0, 0.1) is 13.8 Å². The molecule has 1 unspecified atom stereocenters. The van der Waals surface area contributed by atoms with Gasteiger partial charge in [-0.2, -0.15) is 0 Å². The van der Waals surface area contributed by atoms with Gasteiger partial charge in [0.25, 0.3) is 0 Å². The van der Waals surface area contributed by atoms with Gasteiger partial charge in [0.2, 0.25) is 0 Å². The molecule has 0 saturated heterocycles. The molecule has 0 spiro atoms. The number of hydrogen-bond acceptors (Lipinski definition) is 4. The maximum atomic E-state index is 5.79. The van der Waals surface area contributed by atoms with Crippen LogP contribution in [0.1, 0.15) is 28.6 Å². The number of benzene rings is 1. The van der Waals surface area contributed by atoms with Gasteiger partial charge in [0.05, 0.1) is 11.6 Å². The Morgan fingerprint density at radius 1 is 1.10 bits per heavy atom. The van der Waals surface area contributed by atoms with E-state index in [-0.39, 0.29) is 6.04 Å². The largest absolute Gasteiger partial charge is 0.271 e. The molecule has 0 bridgehead atoms. The monoisotopic (exact) mass is 278 g/mol. The number of nitrogens with one attached hydrogen (secondary N) is 1. The lowest BCUT2D eigenvalue weighted by molar-refractivity contribution is 0.630. The maximum Gasteiger partial charge on any atom is 0.0727 e. The molecular weight excluding hydrogens is 260 g/mol. The number of hydrazine groups is 1. The first-order valence-electron chi connectivity index (χ1n) is 6.94. The van der Waals surface area contributed by atoms with Gasteiger partial charge in [0.1, 0.15) is 0 Å². The van der Waals surface area contributed by atoms with Crippen molar-refractivity contribution in [1.82, 2.24) is 15.4 Å². The lowest BCUT2D eigenvalue weighted by Gasteiger charge is -2.19. The molecule has 0 amide bonds. The maximum absolute atomic E-state index is 5.79. The molecule has 1 atom stereocenters. The summed E-state index contributed by atoms with van der Waals surface area (Å²) in [6.07, 6.45) is 1.80. The highest BCUT2D eigenvalue weighted by atomic mass is 15.2. The van der Waals surface area contributed by atoms with E-state index in [0.29, 0.717) is 0 Å². The van der Waals surface area contributed by atoms with Crippen molar-refractivity contribution < 1.29 is 0 Å². The summed E-state index contributed by atoms with van der Waals surface area (Å²) in [4.78, 5) is 8.87. The van der Waals surface area contributed by atoms with Crippen molar-refractivity contribution in [3.8, 4) is 0 Å². The lowest BCUT2D eigenvalue weighted by atomic mass is 9.96. The van der Waals surface area contributed by atoms with E-state index in [4.69, 9.17) is 5.84 Å². The average molecular weight is 278 g/mol. The number of nitrogens with zero attached hydrogens (tertiary/aromatic N) is 2. The molecule has 0 aliphatic rings. The number of rotatable bonds is 3. The fraction of sp³-hybridized carbons (Fsp3) is 0.176. The van der Waals surface area contributed by atoms with Gasteiger partial charge in [-0.3, -0.25) is 15.8 Å². The Balaban J connectivity index is 2.09. The van der Waals surface area contributed by atoms with Crippen LogP contribution < -0.4 is 11.3 Å². The van der Waals surface area contributed by atoms with E-state index < -0.39 is 0 Å². The standard InChI is InChI=1S/C17H18N4/c1-11-5-7-15(12(2)20-11)17(21-18)14-6-8-16-13(10-14)4-3-9-19-16/h3-10,17,21H,18H2,1-2H3. The zero-order valence-electron chi connectivity index (χ0n) is 12.2. The van der Waals surface area contributed by atoms with Crippen LogP contribution in [0.5, 0.6) is 0 Å². The average Bonchev–Trinajstić information content (AvgIpc) is 2.50. The molecule has 0 fully saturated rings. The second-order valence-electron chi connectivity index (χ2n) is 5.18. The highest BCUT2D eigenvalue weighted by molar-refractivity contribution is 5.79. The molecule has 0 radical (unpaired) electrons. The summed E-state index contributed by atoms with van der Waals surface area (Å²) in [5.41, 5.74) is 8.07. The van der Waals surface area contributed by atoms with Crippen LogP contribution in [0.15, 0.2) is 48.7 Å². The second kappa shape index (κ2) is 5.60. The van der Waals surface area contributed by atoms with E-state index in [1.807, 2.05) is 32.0 Å². The zero-order valence-corrected chi connectivity index (χ0v) is 12.2. The van der Waals surface area contributed by atoms with Gasteiger partial charge >= 0.3 is 0 Å². The lowest BCUT2D eigenvalue weighted by Crippen LogP contribution is -2.29. The molecular formula is C17H18N4. The van der Waals surface area contributed by atoms with Crippen LogP contribution >= 0.6 is 0 Å². The second-order valence-corrected chi connectivity index (χ2v) is 5.18. The van der Waals surface area contributed by atoms with E-state index in [1.165, 1.54) is 0 Å². The quantitative estimate of drug-likeness (QED) is 0.571. The smallest absolute Gasteiger partial charge is 0.0727 e. The van der Waals surface area contributed by atoms with Crippen molar-refractivity contribution in [3.05, 3.63) is 71.2 Å². The summed E-state index contributed by atoms with van der Waals surface area (Å²) < 4.78 is 0. The minimum atomic E-state index is -0.0808. The van der Waals surface area contributed by atoms with Crippen LogP contribution in [-0.4, -0.2) is 9.97 Å². The van der Waals surface area contributed by atoms with Crippen molar-refractivity contribution >= 4 is 10.9 Å². The first-order valence-corrected chi connectivity index (χ1v) is 6.94. The van der Waals surface area contributed by atoms with Crippen LogP contribution in [0.4, 0.5) is 0 Å². The highest BCUT2D eigenvalue weighted by Crippen LogP contribution is 2.26. The van der Waals surface area contributed by atoms with Gasteiger partial charge in [-0.1, -0.05) is 18.2 Å². The summed E-state index contributed by atoms with van der Waals surface area (Å²) in [5.74, 6) is 5.79. The third kappa shape index (κ3) is 2.63. The summed E-state index contributed by atoms with van der Waals surface area (Å²) in [5, 5.41) is 1.10. The number of aryl methyl sites for hydroxylation is 2. The van der Waals surface area contributed by atoms with Gasteiger partial charge in [0, 0.05) is 23.0 Å². The van der Waals surface area contributed by atoms with E-state index in [2.05, 4.69) is 39.7 Å². The third-order valence-electron chi connectivity index (χ3n) is 3.70. The number of hydrogen-bond donors (Lipinski definition) is 2. The predicted molar refractivity (Wildman–Crippen MR) is 84.6 cm³/mol. The molecule has 4 nitrogen and oxygen atoms in total. The zero-order chi connectivity index (χ0) is 14.8. The summed E-state index contributed by atoms with van der Waals surface area (Å²) in [6.45, 7) is 4.00. The molecule has 0 saturated carbocycles. The minimum absolute atomic E-state index is 0.0808. The Labute approximate surface area is 124 Å². The van der Waals surface area contributed by atoms with Crippen molar-refractivity contribution in [1.29, 1.82) is 0 Å². The Bertz CT molecular complexity index is 783. The predicted octanol–water partition coefficient (Wildman–Crippen LogP) is 2.80. The first-order chi connectivity index (χ1) is 10.2. The van der Waals surface area contributed by atoms with Crippen LogP contribution in [0.2, 0.25) is 0 Å². The number of aromatic nitrogens is 2. The fourth-order valence-electron chi connectivity index (χ4n) is 2.64. The van der Waals surface area contributed by atoms with E-state index in [1.54, 1.807) is 6.20 Å². The molecule has 1 aromatic carbocycles. The molecule has 3 rings (SSSR count). The van der Waals surface area contributed by atoms with Crippen molar-refractivity contribution in [2.24, 2.45) is 5.84 Å². The van der Waals surface area contributed by atoms with Gasteiger partial charge in [-0.15, -0.1) is 0 Å². The third-order valence-corrected chi connectivity index (χ3v) is 3.70. The topological polar surface area (TPSA) is 63.8 Å². The molecule has 0 aliphatic carbocycles. The Hall–Kier alpha value is -2.30. The number of pyridine rings is 2. The Morgan fingerprint density at radius 3 is 2.71 bits per heavy atom.